The largest absolute Gasteiger partial charge is 0.288 e. The maximum atomic E-state index is 12.6. The molecule has 0 unspecified atom stereocenters. The van der Waals surface area contributed by atoms with E-state index in [1.54, 1.807) is 43.5 Å². The number of aromatic nitrogens is 2. The average Bonchev–Trinajstić information content (AvgIpc) is 2.49. The van der Waals surface area contributed by atoms with Crippen LogP contribution >= 0.6 is 0 Å². The Kier molecular flexibility index (Phi) is 3.14. The van der Waals surface area contributed by atoms with Crippen molar-refractivity contribution in [3.8, 4) is 0 Å². The van der Waals surface area contributed by atoms with Crippen LogP contribution in [-0.2, 0) is 0 Å². The number of benzene rings is 1. The fourth-order valence-electron chi connectivity index (χ4n) is 2.35. The lowest BCUT2D eigenvalue weighted by Gasteiger charge is -2.08. The predicted octanol–water partition coefficient (Wildman–Crippen LogP) is 2.54. The maximum absolute atomic E-state index is 12.6. The molecule has 0 N–H and O–H groups in total. The third kappa shape index (κ3) is 2.25. The first-order valence-corrected chi connectivity index (χ1v) is 6.67. The smallest absolute Gasteiger partial charge is 0.269 e. The lowest BCUT2D eigenvalue weighted by atomic mass is 10.0. The van der Waals surface area contributed by atoms with E-state index in [-0.39, 0.29) is 16.9 Å². The van der Waals surface area contributed by atoms with E-state index in [1.807, 2.05) is 19.1 Å². The van der Waals surface area contributed by atoms with E-state index in [1.165, 1.54) is 4.40 Å². The lowest BCUT2D eigenvalue weighted by molar-refractivity contribution is 0.103. The molecule has 0 radical (unpaired) electrons. The first-order chi connectivity index (χ1) is 10.1. The summed E-state index contributed by atoms with van der Waals surface area (Å²) in [4.78, 5) is 29.5. The summed E-state index contributed by atoms with van der Waals surface area (Å²) in [5.74, 6) is -0.290. The molecule has 0 bridgehead atoms. The Balaban J connectivity index is 2.28. The van der Waals surface area contributed by atoms with Gasteiger partial charge in [-0.25, -0.2) is 4.98 Å². The average molecular weight is 278 g/mol. The van der Waals surface area contributed by atoms with Crippen LogP contribution in [-0.4, -0.2) is 15.2 Å². The van der Waals surface area contributed by atoms with Crippen molar-refractivity contribution < 1.29 is 4.79 Å². The van der Waals surface area contributed by atoms with E-state index in [4.69, 9.17) is 0 Å². The number of hydrogen-bond donors (Lipinski definition) is 0. The number of carbonyl (C=O) groups excluding carboxylic acids is 1. The van der Waals surface area contributed by atoms with Crippen molar-refractivity contribution in [1.82, 2.24) is 9.38 Å². The maximum Gasteiger partial charge on any atom is 0.269 e. The van der Waals surface area contributed by atoms with Crippen molar-refractivity contribution in [2.45, 2.75) is 13.8 Å². The van der Waals surface area contributed by atoms with Crippen LogP contribution in [0.4, 0.5) is 0 Å². The molecule has 0 spiro atoms. The third-order valence-corrected chi connectivity index (χ3v) is 3.41. The van der Waals surface area contributed by atoms with Crippen LogP contribution in [0.15, 0.2) is 53.5 Å². The van der Waals surface area contributed by atoms with E-state index >= 15 is 0 Å². The molecule has 1 aromatic carbocycles. The van der Waals surface area contributed by atoms with Gasteiger partial charge in [0.1, 0.15) is 11.2 Å². The molecule has 0 atom stereocenters. The van der Waals surface area contributed by atoms with Gasteiger partial charge in [0.2, 0.25) is 0 Å². The summed E-state index contributed by atoms with van der Waals surface area (Å²) in [7, 11) is 0. The summed E-state index contributed by atoms with van der Waals surface area (Å²) in [5, 5.41) is 0. The molecule has 2 aromatic heterocycles. The van der Waals surface area contributed by atoms with Gasteiger partial charge in [-0.15, -0.1) is 0 Å². The van der Waals surface area contributed by atoms with Gasteiger partial charge in [-0.1, -0.05) is 36.4 Å². The number of ketones is 1. The van der Waals surface area contributed by atoms with Crippen LogP contribution in [0.25, 0.3) is 5.65 Å². The van der Waals surface area contributed by atoms with Crippen molar-refractivity contribution >= 4 is 11.4 Å². The summed E-state index contributed by atoms with van der Waals surface area (Å²) in [5.41, 5.74) is 2.24. The molecule has 0 aliphatic heterocycles. The molecule has 3 rings (SSSR count). The number of carbonyl (C=O) groups is 1. The van der Waals surface area contributed by atoms with Gasteiger partial charge in [0.05, 0.1) is 5.69 Å². The van der Waals surface area contributed by atoms with Gasteiger partial charge in [-0.2, -0.15) is 0 Å². The first-order valence-electron chi connectivity index (χ1n) is 6.67. The second-order valence-corrected chi connectivity index (χ2v) is 5.01. The minimum absolute atomic E-state index is 0.129. The van der Waals surface area contributed by atoms with Gasteiger partial charge in [0, 0.05) is 11.8 Å². The number of rotatable bonds is 2. The minimum atomic E-state index is -0.324. The SMILES string of the molecule is Cc1ccc2nc(C)c(C(=O)c3ccccc3)c(=O)n2c1. The van der Waals surface area contributed by atoms with Crippen molar-refractivity contribution in [3.05, 3.63) is 81.4 Å². The molecular weight excluding hydrogens is 264 g/mol. The molecule has 4 nitrogen and oxygen atoms in total. The molecule has 3 aromatic rings. The van der Waals surface area contributed by atoms with Gasteiger partial charge in [-0.3, -0.25) is 14.0 Å². The molecule has 0 aliphatic rings. The summed E-state index contributed by atoms with van der Waals surface area (Å²) < 4.78 is 1.43. The van der Waals surface area contributed by atoms with Gasteiger partial charge in [0.15, 0.2) is 5.78 Å². The van der Waals surface area contributed by atoms with Crippen molar-refractivity contribution in [2.24, 2.45) is 0 Å². The standard InChI is InChI=1S/C17H14N2O2/c1-11-8-9-14-18-12(2)15(17(21)19(14)10-11)16(20)13-6-4-3-5-7-13/h3-10H,1-2H3. The number of hydrogen-bond acceptors (Lipinski definition) is 3. The van der Waals surface area contributed by atoms with Crippen LogP contribution in [0.3, 0.4) is 0 Å². The van der Waals surface area contributed by atoms with Gasteiger partial charge < -0.3 is 0 Å². The Labute approximate surface area is 121 Å². The number of pyridine rings is 1. The second-order valence-electron chi connectivity index (χ2n) is 5.01. The van der Waals surface area contributed by atoms with Crippen LogP contribution in [0, 0.1) is 13.8 Å². The Bertz CT molecular complexity index is 896. The number of nitrogens with zero attached hydrogens (tertiary/aromatic N) is 2. The molecular formula is C17H14N2O2. The topological polar surface area (TPSA) is 51.4 Å². The molecule has 0 fully saturated rings. The zero-order valence-corrected chi connectivity index (χ0v) is 11.8. The summed E-state index contributed by atoms with van der Waals surface area (Å²) in [6.45, 7) is 3.59. The molecule has 2 heterocycles. The quantitative estimate of drug-likeness (QED) is 0.677. The van der Waals surface area contributed by atoms with Crippen LogP contribution in [0.1, 0.15) is 27.2 Å². The molecule has 0 aliphatic carbocycles. The van der Waals surface area contributed by atoms with Crippen molar-refractivity contribution in [1.29, 1.82) is 0 Å². The molecule has 0 amide bonds. The fraction of sp³-hybridized carbons (Fsp3) is 0.118. The third-order valence-electron chi connectivity index (χ3n) is 3.41. The fourth-order valence-corrected chi connectivity index (χ4v) is 2.35. The zero-order chi connectivity index (χ0) is 15.0. The van der Waals surface area contributed by atoms with Crippen LogP contribution < -0.4 is 5.56 Å². The van der Waals surface area contributed by atoms with Crippen LogP contribution in [0.2, 0.25) is 0 Å². The highest BCUT2D eigenvalue weighted by Crippen LogP contribution is 2.11. The highest BCUT2D eigenvalue weighted by Gasteiger charge is 2.18. The predicted molar refractivity (Wildman–Crippen MR) is 80.8 cm³/mol. The Morgan fingerprint density at radius 2 is 1.76 bits per heavy atom. The van der Waals surface area contributed by atoms with Crippen molar-refractivity contribution in [3.63, 3.8) is 0 Å². The number of aryl methyl sites for hydroxylation is 2. The van der Waals surface area contributed by atoms with Gasteiger partial charge in [0.25, 0.3) is 5.56 Å². The molecule has 4 heteroatoms. The summed E-state index contributed by atoms with van der Waals surface area (Å²) in [6, 6.07) is 12.5. The second kappa shape index (κ2) is 4.98. The Hall–Kier alpha value is -2.75. The highest BCUT2D eigenvalue weighted by molar-refractivity contribution is 6.09. The number of fused-ring (bicyclic) bond motifs is 1. The first kappa shape index (κ1) is 13.2. The van der Waals surface area contributed by atoms with E-state index in [0.717, 1.165) is 5.56 Å². The van der Waals surface area contributed by atoms with Gasteiger partial charge in [-0.05, 0) is 25.5 Å². The highest BCUT2D eigenvalue weighted by atomic mass is 16.1. The zero-order valence-electron chi connectivity index (χ0n) is 11.8. The van der Waals surface area contributed by atoms with E-state index < -0.39 is 0 Å². The lowest BCUT2D eigenvalue weighted by Crippen LogP contribution is -2.25. The van der Waals surface area contributed by atoms with E-state index in [9.17, 15) is 9.59 Å². The minimum Gasteiger partial charge on any atom is -0.288 e. The van der Waals surface area contributed by atoms with E-state index in [2.05, 4.69) is 4.98 Å². The summed E-state index contributed by atoms with van der Waals surface area (Å²) >= 11 is 0. The monoisotopic (exact) mass is 278 g/mol. The summed E-state index contributed by atoms with van der Waals surface area (Å²) in [6.07, 6.45) is 1.70. The van der Waals surface area contributed by atoms with E-state index in [0.29, 0.717) is 16.9 Å². The Morgan fingerprint density at radius 3 is 2.48 bits per heavy atom. The van der Waals surface area contributed by atoms with Crippen LogP contribution in [0.5, 0.6) is 0 Å². The molecule has 0 saturated heterocycles. The van der Waals surface area contributed by atoms with Crippen molar-refractivity contribution in [2.75, 3.05) is 0 Å². The molecule has 104 valence electrons. The molecule has 0 saturated carbocycles. The normalized spacial score (nSPS) is 10.8. The molecule has 21 heavy (non-hydrogen) atoms. The Morgan fingerprint density at radius 1 is 1.05 bits per heavy atom. The van der Waals surface area contributed by atoms with Gasteiger partial charge >= 0.3 is 0 Å².